The third-order valence-corrected chi connectivity index (χ3v) is 4.06. The van der Waals surface area contributed by atoms with Gasteiger partial charge in [-0.3, -0.25) is 9.78 Å². The van der Waals surface area contributed by atoms with E-state index < -0.39 is 0 Å². The van der Waals surface area contributed by atoms with E-state index >= 15 is 0 Å². The highest BCUT2D eigenvalue weighted by atomic mass is 16.1. The number of nitrogens with zero attached hydrogens (tertiary/aromatic N) is 1. The summed E-state index contributed by atoms with van der Waals surface area (Å²) in [5.74, 6) is 0.704. The smallest absolute Gasteiger partial charge is 0.253 e. The van der Waals surface area contributed by atoms with Crippen LogP contribution in [0.5, 0.6) is 0 Å². The van der Waals surface area contributed by atoms with Crippen LogP contribution in [-0.4, -0.2) is 16.9 Å². The topological polar surface area (TPSA) is 54.0 Å². The molecule has 0 saturated heterocycles. The molecule has 0 radical (unpaired) electrons. The Hall–Kier alpha value is -2.36. The Labute approximate surface area is 151 Å². The minimum Gasteiger partial charge on any atom is -0.354 e. The van der Waals surface area contributed by atoms with Crippen LogP contribution in [0.1, 0.15) is 74.9 Å². The fourth-order valence-electron chi connectivity index (χ4n) is 2.82. The monoisotopic (exact) mass is 339 g/mol. The highest BCUT2D eigenvalue weighted by Crippen LogP contribution is 2.34. The van der Waals surface area contributed by atoms with E-state index in [9.17, 15) is 4.79 Å². The van der Waals surface area contributed by atoms with Crippen LogP contribution in [0.25, 0.3) is 0 Å². The van der Waals surface area contributed by atoms with Crippen molar-refractivity contribution in [1.82, 2.24) is 10.3 Å². The van der Waals surface area contributed by atoms with E-state index in [0.29, 0.717) is 17.4 Å². The zero-order valence-corrected chi connectivity index (χ0v) is 16.1. The number of para-hydroxylation sites is 1. The molecular formula is C21H29N3O. The average Bonchev–Trinajstić information content (AvgIpc) is 2.54. The quantitative estimate of drug-likeness (QED) is 0.759. The van der Waals surface area contributed by atoms with Crippen LogP contribution in [-0.2, 0) is 0 Å². The third kappa shape index (κ3) is 4.81. The Morgan fingerprint density at radius 2 is 1.56 bits per heavy atom. The Morgan fingerprint density at radius 1 is 0.960 bits per heavy atom. The largest absolute Gasteiger partial charge is 0.354 e. The van der Waals surface area contributed by atoms with Gasteiger partial charge in [-0.25, -0.2) is 0 Å². The molecule has 4 heteroatoms. The predicted molar refractivity (Wildman–Crippen MR) is 105 cm³/mol. The van der Waals surface area contributed by atoms with Crippen molar-refractivity contribution in [1.29, 1.82) is 0 Å². The van der Waals surface area contributed by atoms with Gasteiger partial charge in [-0.15, -0.1) is 0 Å². The van der Waals surface area contributed by atoms with Crippen molar-refractivity contribution < 1.29 is 4.79 Å². The van der Waals surface area contributed by atoms with Crippen molar-refractivity contribution in [2.24, 2.45) is 0 Å². The van der Waals surface area contributed by atoms with Gasteiger partial charge in [0.1, 0.15) is 0 Å². The van der Waals surface area contributed by atoms with E-state index in [0.717, 1.165) is 11.4 Å². The molecule has 0 fully saturated rings. The van der Waals surface area contributed by atoms with Crippen LogP contribution in [0.4, 0.5) is 11.4 Å². The minimum atomic E-state index is -0.104. The molecule has 1 aromatic heterocycles. The summed E-state index contributed by atoms with van der Waals surface area (Å²) in [6.45, 7) is 12.7. The lowest BCUT2D eigenvalue weighted by atomic mass is 9.92. The molecule has 1 heterocycles. The number of rotatable bonds is 6. The molecule has 0 aliphatic heterocycles. The van der Waals surface area contributed by atoms with Gasteiger partial charge < -0.3 is 10.6 Å². The molecule has 0 aliphatic rings. The lowest BCUT2D eigenvalue weighted by Crippen LogP contribution is -2.30. The lowest BCUT2D eigenvalue weighted by molar-refractivity contribution is 0.0943. The third-order valence-electron chi connectivity index (χ3n) is 4.06. The Morgan fingerprint density at radius 3 is 2.08 bits per heavy atom. The fraction of sp³-hybridized carbons (Fsp3) is 0.429. The number of benzene rings is 1. The number of pyridine rings is 1. The second-order valence-electron chi connectivity index (χ2n) is 7.34. The summed E-state index contributed by atoms with van der Waals surface area (Å²) >= 11 is 0. The summed E-state index contributed by atoms with van der Waals surface area (Å²) in [6.07, 6.45) is 3.36. The van der Waals surface area contributed by atoms with Gasteiger partial charge in [-0.2, -0.15) is 0 Å². The first-order chi connectivity index (χ1) is 11.8. The van der Waals surface area contributed by atoms with Gasteiger partial charge >= 0.3 is 0 Å². The second-order valence-corrected chi connectivity index (χ2v) is 7.34. The molecule has 0 unspecified atom stereocenters. The predicted octanol–water partition coefficient (Wildman–Crippen LogP) is 5.21. The van der Waals surface area contributed by atoms with E-state index in [1.54, 1.807) is 12.4 Å². The van der Waals surface area contributed by atoms with Crippen LogP contribution in [0.3, 0.4) is 0 Å². The van der Waals surface area contributed by atoms with Gasteiger partial charge in [0.2, 0.25) is 0 Å². The van der Waals surface area contributed by atoms with E-state index in [4.69, 9.17) is 0 Å². The number of nitrogens with one attached hydrogen (secondary N) is 2. The molecule has 0 atom stereocenters. The lowest BCUT2D eigenvalue weighted by Gasteiger charge is -2.21. The highest BCUT2D eigenvalue weighted by Gasteiger charge is 2.15. The number of carbonyl (C=O) groups excluding carboxylic acids is 1. The molecule has 25 heavy (non-hydrogen) atoms. The summed E-state index contributed by atoms with van der Waals surface area (Å²) in [4.78, 5) is 16.5. The van der Waals surface area contributed by atoms with Crippen molar-refractivity contribution in [3.63, 3.8) is 0 Å². The number of hydrogen-bond acceptors (Lipinski definition) is 3. The molecule has 0 saturated carbocycles. The summed E-state index contributed by atoms with van der Waals surface area (Å²) < 4.78 is 0. The standard InChI is InChI=1S/C21H29N3O/c1-13(2)18-8-7-9-19(14(3)4)20(18)24-17-10-16(11-22-12-17)21(25)23-15(5)6/h7-15,24H,1-6H3,(H,23,25). The van der Waals surface area contributed by atoms with Crippen LogP contribution in [0.2, 0.25) is 0 Å². The summed E-state index contributed by atoms with van der Waals surface area (Å²) in [6, 6.07) is 8.37. The van der Waals surface area contributed by atoms with Gasteiger partial charge in [0.25, 0.3) is 5.91 Å². The number of carbonyl (C=O) groups is 1. The van der Waals surface area contributed by atoms with E-state index in [1.165, 1.54) is 11.1 Å². The highest BCUT2D eigenvalue weighted by molar-refractivity contribution is 5.95. The van der Waals surface area contributed by atoms with Crippen LogP contribution < -0.4 is 10.6 Å². The zero-order valence-electron chi connectivity index (χ0n) is 16.1. The summed E-state index contributed by atoms with van der Waals surface area (Å²) in [5, 5.41) is 6.41. The van der Waals surface area contributed by atoms with Crippen LogP contribution in [0, 0.1) is 0 Å². The molecule has 1 amide bonds. The van der Waals surface area contributed by atoms with Gasteiger partial charge in [-0.1, -0.05) is 45.9 Å². The van der Waals surface area contributed by atoms with Crippen molar-refractivity contribution in [2.45, 2.75) is 59.4 Å². The maximum absolute atomic E-state index is 12.2. The maximum atomic E-state index is 12.2. The maximum Gasteiger partial charge on any atom is 0.253 e. The van der Waals surface area contributed by atoms with Crippen molar-refractivity contribution in [2.75, 3.05) is 5.32 Å². The summed E-state index contributed by atoms with van der Waals surface area (Å²) in [5.41, 5.74) is 5.04. The van der Waals surface area contributed by atoms with Gasteiger partial charge in [0.15, 0.2) is 0 Å². The first kappa shape index (κ1) is 19.0. The molecule has 2 N–H and O–H groups in total. The first-order valence-electron chi connectivity index (χ1n) is 8.95. The van der Waals surface area contributed by atoms with Crippen LogP contribution in [0.15, 0.2) is 36.7 Å². The van der Waals surface area contributed by atoms with Gasteiger partial charge in [0.05, 0.1) is 17.4 Å². The van der Waals surface area contributed by atoms with Crippen LogP contribution >= 0.6 is 0 Å². The van der Waals surface area contributed by atoms with E-state index in [2.05, 4.69) is 61.5 Å². The SMILES string of the molecule is CC(C)NC(=O)c1cncc(Nc2c(C(C)C)cccc2C(C)C)c1. The normalized spacial score (nSPS) is 11.2. The number of aromatic nitrogens is 1. The Bertz CT molecular complexity index is 709. The Balaban J connectivity index is 2.38. The fourth-order valence-corrected chi connectivity index (χ4v) is 2.82. The molecule has 0 aliphatic carbocycles. The molecule has 2 rings (SSSR count). The first-order valence-corrected chi connectivity index (χ1v) is 8.95. The number of amides is 1. The van der Waals surface area contributed by atoms with Gasteiger partial charge in [0, 0.05) is 17.9 Å². The molecule has 0 spiro atoms. The number of anilines is 2. The molecule has 2 aromatic rings. The second kappa shape index (κ2) is 8.15. The number of hydrogen-bond donors (Lipinski definition) is 2. The summed E-state index contributed by atoms with van der Waals surface area (Å²) in [7, 11) is 0. The van der Waals surface area contributed by atoms with Crippen molar-refractivity contribution in [3.05, 3.63) is 53.3 Å². The minimum absolute atomic E-state index is 0.0957. The molecule has 134 valence electrons. The Kier molecular flexibility index (Phi) is 6.18. The molecular weight excluding hydrogens is 310 g/mol. The molecule has 4 nitrogen and oxygen atoms in total. The van der Waals surface area contributed by atoms with Gasteiger partial charge in [-0.05, 0) is 42.9 Å². The van der Waals surface area contributed by atoms with Crippen molar-refractivity contribution in [3.8, 4) is 0 Å². The van der Waals surface area contributed by atoms with E-state index in [-0.39, 0.29) is 11.9 Å². The van der Waals surface area contributed by atoms with E-state index in [1.807, 2.05) is 19.9 Å². The molecule has 0 bridgehead atoms. The zero-order chi connectivity index (χ0) is 18.6. The molecule has 1 aromatic carbocycles. The van der Waals surface area contributed by atoms with Crippen molar-refractivity contribution >= 4 is 17.3 Å². The average molecular weight is 339 g/mol.